The lowest BCUT2D eigenvalue weighted by molar-refractivity contribution is -0.491. The average Bonchev–Trinajstić information content (AvgIpc) is 2.72. The van der Waals surface area contributed by atoms with E-state index in [2.05, 4.69) is 21.7 Å². The minimum Gasteiger partial charge on any atom is -0.469 e. The predicted octanol–water partition coefficient (Wildman–Crippen LogP) is 1.72. The van der Waals surface area contributed by atoms with Crippen LogP contribution in [0, 0.1) is 17.3 Å². The Labute approximate surface area is 95.9 Å². The second kappa shape index (κ2) is 5.61. The second-order valence-corrected chi connectivity index (χ2v) is 4.55. The lowest BCUT2D eigenvalue weighted by Crippen LogP contribution is -2.31. The highest BCUT2D eigenvalue weighted by atomic mass is 17.5. The van der Waals surface area contributed by atoms with E-state index in [0.29, 0.717) is 5.92 Å². The first kappa shape index (κ1) is 13.4. The van der Waals surface area contributed by atoms with E-state index >= 15 is 0 Å². The number of hydrogen-bond acceptors (Lipinski definition) is 5. The maximum absolute atomic E-state index is 11.4. The summed E-state index contributed by atoms with van der Waals surface area (Å²) < 4.78 is 4.80. The molecule has 3 fully saturated rings. The second-order valence-electron chi connectivity index (χ2n) is 4.55. The molecule has 0 heterocycles. The molecule has 0 aliphatic heterocycles. The van der Waals surface area contributed by atoms with Crippen LogP contribution < -0.4 is 0 Å². The van der Waals surface area contributed by atoms with E-state index in [1.807, 2.05) is 0 Å². The van der Waals surface area contributed by atoms with Crippen LogP contribution in [0.2, 0.25) is 0 Å². The van der Waals surface area contributed by atoms with Gasteiger partial charge in [-0.25, -0.2) is 9.78 Å². The van der Waals surface area contributed by atoms with Gasteiger partial charge in [-0.1, -0.05) is 5.04 Å². The number of methoxy groups -OCH3 is 1. The Morgan fingerprint density at radius 1 is 1.19 bits per heavy atom. The van der Waals surface area contributed by atoms with Crippen molar-refractivity contribution < 1.29 is 24.3 Å². The van der Waals surface area contributed by atoms with Gasteiger partial charge in [0, 0.05) is 0 Å². The van der Waals surface area contributed by atoms with Crippen LogP contribution in [-0.4, -0.2) is 27.3 Å². The first-order valence-corrected chi connectivity index (χ1v) is 5.40. The summed E-state index contributed by atoms with van der Waals surface area (Å²) in [7, 11) is 4.22. The van der Waals surface area contributed by atoms with E-state index in [1.165, 1.54) is 34.2 Å². The molecule has 94 valence electrons. The normalized spacial score (nSPS) is 34.8. The van der Waals surface area contributed by atoms with Crippen LogP contribution in [-0.2, 0) is 24.3 Å². The molecule has 0 aromatic rings. The first-order valence-electron chi connectivity index (χ1n) is 5.40. The molecular weight excluding hydrogens is 212 g/mol. The molecule has 0 saturated heterocycles. The molecule has 1 atom stereocenters. The fraction of sp³-hybridized carbons (Fsp3) is 0.909. The summed E-state index contributed by atoms with van der Waals surface area (Å²) in [5.74, 6) is 1.45. The standard InChI is InChI=1S/C9H14O2.C2H6O3/c1-9(8(10)11-2)5-6-3-7(9)4-6;1-3-5-4-2/h6-7H,3-5H2,1-2H3;1-2H3. The van der Waals surface area contributed by atoms with Crippen LogP contribution in [0.25, 0.3) is 0 Å². The van der Waals surface area contributed by atoms with E-state index < -0.39 is 0 Å². The van der Waals surface area contributed by atoms with Crippen LogP contribution in [0.3, 0.4) is 0 Å². The number of hydrogen-bond donors (Lipinski definition) is 0. The van der Waals surface area contributed by atoms with Crippen molar-refractivity contribution in [1.82, 2.24) is 0 Å². The summed E-state index contributed by atoms with van der Waals surface area (Å²) >= 11 is 0. The molecular formula is C11H20O5. The Bertz CT molecular complexity index is 235. The van der Waals surface area contributed by atoms with Gasteiger partial charge in [0.15, 0.2) is 0 Å². The first-order chi connectivity index (χ1) is 7.58. The third kappa shape index (κ3) is 2.53. The number of esters is 1. The van der Waals surface area contributed by atoms with Crippen LogP contribution in [0.4, 0.5) is 0 Å². The fourth-order valence-electron chi connectivity index (χ4n) is 2.74. The number of fused-ring (bicyclic) bond motifs is 1. The maximum Gasteiger partial charge on any atom is 0.311 e. The maximum atomic E-state index is 11.4. The Kier molecular flexibility index (Phi) is 4.70. The lowest BCUT2D eigenvalue weighted by Gasteiger charge is -2.29. The smallest absolute Gasteiger partial charge is 0.311 e. The zero-order valence-electron chi connectivity index (χ0n) is 10.3. The molecule has 0 spiro atoms. The highest BCUT2D eigenvalue weighted by Crippen LogP contribution is 2.60. The fourth-order valence-corrected chi connectivity index (χ4v) is 2.74. The van der Waals surface area contributed by atoms with Gasteiger partial charge in [-0.15, -0.1) is 0 Å². The highest BCUT2D eigenvalue weighted by molar-refractivity contribution is 5.77. The van der Waals surface area contributed by atoms with Gasteiger partial charge in [-0.05, 0) is 38.0 Å². The molecule has 0 aromatic carbocycles. The SMILES string of the molecule is COC(=O)C1(C)CC2CC1C2.COOOC. The Morgan fingerprint density at radius 3 is 2.00 bits per heavy atom. The van der Waals surface area contributed by atoms with Gasteiger partial charge in [-0.2, -0.15) is 0 Å². The molecule has 2 bridgehead atoms. The van der Waals surface area contributed by atoms with Gasteiger partial charge in [0.25, 0.3) is 0 Å². The lowest BCUT2D eigenvalue weighted by atomic mass is 9.76. The van der Waals surface area contributed by atoms with Crippen molar-refractivity contribution in [2.45, 2.75) is 26.2 Å². The van der Waals surface area contributed by atoms with Crippen molar-refractivity contribution in [3.05, 3.63) is 0 Å². The molecule has 3 aliphatic carbocycles. The molecule has 0 N–H and O–H groups in total. The van der Waals surface area contributed by atoms with E-state index in [0.717, 1.165) is 12.3 Å². The third-order valence-corrected chi connectivity index (χ3v) is 3.64. The van der Waals surface area contributed by atoms with Crippen molar-refractivity contribution >= 4 is 5.97 Å². The summed E-state index contributed by atoms with van der Waals surface area (Å²) in [6.07, 6.45) is 3.57. The minimum absolute atomic E-state index is 0.00231. The molecule has 16 heavy (non-hydrogen) atoms. The number of ether oxygens (including phenoxy) is 1. The highest BCUT2D eigenvalue weighted by Gasteiger charge is 2.57. The van der Waals surface area contributed by atoms with Gasteiger partial charge in [-0.3, -0.25) is 4.79 Å². The van der Waals surface area contributed by atoms with Crippen LogP contribution in [0.5, 0.6) is 0 Å². The van der Waals surface area contributed by atoms with E-state index in [-0.39, 0.29) is 11.4 Å². The largest absolute Gasteiger partial charge is 0.469 e. The van der Waals surface area contributed by atoms with Gasteiger partial charge in [0.1, 0.15) is 0 Å². The summed E-state index contributed by atoms with van der Waals surface area (Å²) in [4.78, 5) is 19.3. The topological polar surface area (TPSA) is 54.0 Å². The van der Waals surface area contributed by atoms with Gasteiger partial charge < -0.3 is 4.74 Å². The van der Waals surface area contributed by atoms with Crippen molar-refractivity contribution in [2.24, 2.45) is 17.3 Å². The molecule has 0 aromatic heterocycles. The molecule has 5 nitrogen and oxygen atoms in total. The van der Waals surface area contributed by atoms with Crippen LogP contribution in [0.1, 0.15) is 26.2 Å². The minimum atomic E-state index is -0.126. The molecule has 0 amide bonds. The number of carbonyl (C=O) groups is 1. The van der Waals surface area contributed by atoms with Crippen LogP contribution >= 0.6 is 0 Å². The van der Waals surface area contributed by atoms with Gasteiger partial charge in [0.2, 0.25) is 0 Å². The zero-order valence-corrected chi connectivity index (χ0v) is 10.3. The van der Waals surface area contributed by atoms with Gasteiger partial charge >= 0.3 is 5.97 Å². The predicted molar refractivity (Wildman–Crippen MR) is 56.1 cm³/mol. The molecule has 5 heteroatoms. The molecule has 3 aliphatic rings. The number of carbonyl (C=O) groups excluding carboxylic acids is 1. The quantitative estimate of drug-likeness (QED) is 0.421. The molecule has 1 unspecified atom stereocenters. The summed E-state index contributed by atoms with van der Waals surface area (Å²) in [6.45, 7) is 2.05. The van der Waals surface area contributed by atoms with Crippen LogP contribution in [0.15, 0.2) is 0 Å². The summed E-state index contributed by atoms with van der Waals surface area (Å²) in [6, 6.07) is 0. The summed E-state index contributed by atoms with van der Waals surface area (Å²) in [5, 5.41) is 3.83. The van der Waals surface area contributed by atoms with Crippen molar-refractivity contribution in [3.8, 4) is 0 Å². The molecule has 3 rings (SSSR count). The Balaban J connectivity index is 0.000000221. The summed E-state index contributed by atoms with van der Waals surface area (Å²) in [5.41, 5.74) is -0.126. The average molecular weight is 232 g/mol. The van der Waals surface area contributed by atoms with Crippen molar-refractivity contribution in [1.29, 1.82) is 0 Å². The Morgan fingerprint density at radius 2 is 1.75 bits per heavy atom. The van der Waals surface area contributed by atoms with E-state index in [9.17, 15) is 4.79 Å². The molecule has 3 saturated carbocycles. The Hall–Kier alpha value is -0.650. The zero-order chi connectivity index (χ0) is 12.2. The third-order valence-electron chi connectivity index (χ3n) is 3.64. The van der Waals surface area contributed by atoms with E-state index in [1.54, 1.807) is 0 Å². The van der Waals surface area contributed by atoms with Crippen molar-refractivity contribution in [3.63, 3.8) is 0 Å². The molecule has 0 radical (unpaired) electrons. The van der Waals surface area contributed by atoms with Crippen molar-refractivity contribution in [2.75, 3.05) is 21.3 Å². The van der Waals surface area contributed by atoms with Gasteiger partial charge in [0.05, 0.1) is 26.7 Å². The van der Waals surface area contributed by atoms with E-state index in [4.69, 9.17) is 4.74 Å². The monoisotopic (exact) mass is 232 g/mol. The number of rotatable bonds is 3.